The molecular formula is C24H25N7O. The van der Waals surface area contributed by atoms with Gasteiger partial charge in [-0.05, 0) is 49.8 Å². The Morgan fingerprint density at radius 3 is 2.69 bits per heavy atom. The number of hydrogen-bond donors (Lipinski definition) is 2. The van der Waals surface area contributed by atoms with E-state index in [-0.39, 0.29) is 0 Å². The van der Waals surface area contributed by atoms with Gasteiger partial charge in [0.25, 0.3) is 0 Å². The molecule has 1 aromatic carbocycles. The Morgan fingerprint density at radius 1 is 1.03 bits per heavy atom. The topological polar surface area (TPSA) is 99.7 Å². The molecule has 1 aliphatic heterocycles. The number of likely N-dealkylation sites (tertiary alicyclic amines) is 1. The van der Waals surface area contributed by atoms with E-state index in [0.717, 1.165) is 78.3 Å². The fraction of sp³-hybridized carbons (Fsp3) is 0.375. The maximum atomic E-state index is 12.0. The number of amides is 1. The zero-order valence-corrected chi connectivity index (χ0v) is 17.8. The molecule has 0 spiro atoms. The summed E-state index contributed by atoms with van der Waals surface area (Å²) in [5.41, 5.74) is 4.67. The molecule has 6 rings (SSSR count). The maximum Gasteiger partial charge on any atom is 0.224 e. The summed E-state index contributed by atoms with van der Waals surface area (Å²) in [6.45, 7) is 0.931. The molecule has 3 aromatic heterocycles. The molecule has 4 aromatic rings. The maximum absolute atomic E-state index is 12.0. The van der Waals surface area contributed by atoms with Crippen molar-refractivity contribution in [1.29, 1.82) is 0 Å². The molecule has 0 radical (unpaired) electrons. The lowest BCUT2D eigenvalue weighted by Crippen LogP contribution is -2.41. The predicted octanol–water partition coefficient (Wildman–Crippen LogP) is 3.91. The van der Waals surface area contributed by atoms with E-state index in [9.17, 15) is 4.79 Å². The molecule has 0 unspecified atom stereocenters. The van der Waals surface area contributed by atoms with Gasteiger partial charge in [0.15, 0.2) is 0 Å². The molecule has 1 aliphatic carbocycles. The van der Waals surface area contributed by atoms with E-state index >= 15 is 0 Å². The summed E-state index contributed by atoms with van der Waals surface area (Å²) in [5, 5.41) is 4.49. The van der Waals surface area contributed by atoms with E-state index in [1.807, 2.05) is 24.5 Å². The second-order valence-electron chi connectivity index (χ2n) is 8.76. The summed E-state index contributed by atoms with van der Waals surface area (Å²) in [6, 6.07) is 6.83. The number of carbonyl (C=O) groups excluding carboxylic acids is 1. The molecule has 8 heteroatoms. The summed E-state index contributed by atoms with van der Waals surface area (Å²) >= 11 is 0. The molecule has 2 N–H and O–H groups in total. The number of nitrogens with zero attached hydrogens (tertiary/aromatic N) is 5. The molecule has 1 saturated carbocycles. The van der Waals surface area contributed by atoms with Gasteiger partial charge in [-0.2, -0.15) is 4.98 Å². The third-order valence-electron chi connectivity index (χ3n) is 6.79. The number of anilines is 1. The SMILES string of the molecule is O=C1CCCN1[C@H]1CC[C@@H](Nc2ncc3c(-c4ccc5nccnc5c4)c[nH]c3n2)CC1. The Bertz CT molecular complexity index is 1290. The van der Waals surface area contributed by atoms with Gasteiger partial charge >= 0.3 is 0 Å². The van der Waals surface area contributed by atoms with E-state index < -0.39 is 0 Å². The van der Waals surface area contributed by atoms with E-state index in [1.54, 1.807) is 12.4 Å². The van der Waals surface area contributed by atoms with Crippen molar-refractivity contribution in [2.45, 2.75) is 50.6 Å². The number of benzene rings is 1. The van der Waals surface area contributed by atoms with Crippen LogP contribution in [-0.2, 0) is 4.79 Å². The fourth-order valence-electron chi connectivity index (χ4n) is 5.12. The van der Waals surface area contributed by atoms with Crippen LogP contribution in [0, 0.1) is 0 Å². The van der Waals surface area contributed by atoms with Crippen molar-refractivity contribution in [1.82, 2.24) is 29.8 Å². The fourth-order valence-corrected chi connectivity index (χ4v) is 5.12. The lowest BCUT2D eigenvalue weighted by Gasteiger charge is -2.34. The van der Waals surface area contributed by atoms with Crippen LogP contribution in [0.4, 0.5) is 5.95 Å². The largest absolute Gasteiger partial charge is 0.351 e. The zero-order chi connectivity index (χ0) is 21.5. The van der Waals surface area contributed by atoms with Gasteiger partial charge in [-0.1, -0.05) is 6.07 Å². The minimum atomic E-state index is 0.330. The molecule has 4 heterocycles. The molecule has 1 amide bonds. The number of H-pyrrole nitrogens is 1. The summed E-state index contributed by atoms with van der Waals surface area (Å²) in [5.74, 6) is 0.979. The Balaban J connectivity index is 1.17. The van der Waals surface area contributed by atoms with Gasteiger partial charge in [-0.25, -0.2) is 4.98 Å². The number of carbonyl (C=O) groups is 1. The lowest BCUT2D eigenvalue weighted by molar-refractivity contribution is -0.130. The number of aromatic amines is 1. The first-order valence-corrected chi connectivity index (χ1v) is 11.4. The molecule has 0 bridgehead atoms. The predicted molar refractivity (Wildman–Crippen MR) is 123 cm³/mol. The Kier molecular flexibility index (Phi) is 4.70. The van der Waals surface area contributed by atoms with Crippen molar-refractivity contribution in [3.8, 4) is 11.1 Å². The number of rotatable bonds is 4. The van der Waals surface area contributed by atoms with Crippen LogP contribution < -0.4 is 5.32 Å². The van der Waals surface area contributed by atoms with Crippen molar-refractivity contribution in [2.75, 3.05) is 11.9 Å². The van der Waals surface area contributed by atoms with Gasteiger partial charge in [-0.3, -0.25) is 14.8 Å². The molecule has 8 nitrogen and oxygen atoms in total. The van der Waals surface area contributed by atoms with Gasteiger partial charge in [0.1, 0.15) is 5.65 Å². The molecule has 32 heavy (non-hydrogen) atoms. The van der Waals surface area contributed by atoms with Crippen molar-refractivity contribution in [3.05, 3.63) is 43.0 Å². The van der Waals surface area contributed by atoms with Crippen LogP contribution in [0.2, 0.25) is 0 Å². The summed E-state index contributed by atoms with van der Waals surface area (Å²) in [6.07, 6.45) is 13.1. The van der Waals surface area contributed by atoms with Gasteiger partial charge in [-0.15, -0.1) is 0 Å². The lowest BCUT2D eigenvalue weighted by atomic mass is 9.90. The van der Waals surface area contributed by atoms with Crippen molar-refractivity contribution >= 4 is 33.9 Å². The summed E-state index contributed by atoms with van der Waals surface area (Å²) in [7, 11) is 0. The van der Waals surface area contributed by atoms with Crippen molar-refractivity contribution < 1.29 is 4.79 Å². The first-order chi connectivity index (χ1) is 15.7. The van der Waals surface area contributed by atoms with Gasteiger partial charge in [0.05, 0.1) is 11.0 Å². The van der Waals surface area contributed by atoms with Crippen molar-refractivity contribution in [3.63, 3.8) is 0 Å². The van der Waals surface area contributed by atoms with Gasteiger partial charge in [0, 0.05) is 60.8 Å². The van der Waals surface area contributed by atoms with E-state index in [1.165, 1.54) is 0 Å². The van der Waals surface area contributed by atoms with Crippen LogP contribution in [0.15, 0.2) is 43.0 Å². The summed E-state index contributed by atoms with van der Waals surface area (Å²) in [4.78, 5) is 35.5. The molecule has 0 atom stereocenters. The average molecular weight is 428 g/mol. The Labute approximate surface area is 185 Å². The average Bonchev–Trinajstić information content (AvgIpc) is 3.45. The minimum Gasteiger partial charge on any atom is -0.351 e. The smallest absolute Gasteiger partial charge is 0.224 e. The highest BCUT2D eigenvalue weighted by molar-refractivity contribution is 5.95. The first kappa shape index (κ1) is 19.2. The van der Waals surface area contributed by atoms with Crippen LogP contribution in [0.1, 0.15) is 38.5 Å². The number of hydrogen-bond acceptors (Lipinski definition) is 6. The summed E-state index contributed by atoms with van der Waals surface area (Å²) < 4.78 is 0. The quantitative estimate of drug-likeness (QED) is 0.512. The van der Waals surface area contributed by atoms with Crippen LogP contribution in [0.25, 0.3) is 33.2 Å². The normalized spacial score (nSPS) is 21.5. The number of aromatic nitrogens is 5. The van der Waals surface area contributed by atoms with E-state index in [2.05, 4.69) is 36.2 Å². The number of nitrogens with one attached hydrogen (secondary N) is 2. The van der Waals surface area contributed by atoms with Crippen LogP contribution in [-0.4, -0.2) is 54.4 Å². The minimum absolute atomic E-state index is 0.330. The monoisotopic (exact) mass is 427 g/mol. The highest BCUT2D eigenvalue weighted by atomic mass is 16.2. The zero-order valence-electron chi connectivity index (χ0n) is 17.8. The number of fused-ring (bicyclic) bond motifs is 2. The third-order valence-corrected chi connectivity index (χ3v) is 6.79. The van der Waals surface area contributed by atoms with Gasteiger partial charge in [0.2, 0.25) is 11.9 Å². The highest BCUT2D eigenvalue weighted by Gasteiger charge is 2.31. The third kappa shape index (κ3) is 3.45. The highest BCUT2D eigenvalue weighted by Crippen LogP contribution is 2.31. The second kappa shape index (κ2) is 7.85. The van der Waals surface area contributed by atoms with Gasteiger partial charge < -0.3 is 15.2 Å². The van der Waals surface area contributed by atoms with E-state index in [0.29, 0.717) is 23.9 Å². The van der Waals surface area contributed by atoms with Crippen LogP contribution in [0.5, 0.6) is 0 Å². The molecular weight excluding hydrogens is 402 g/mol. The molecule has 2 aliphatic rings. The Hall–Kier alpha value is -3.55. The van der Waals surface area contributed by atoms with Crippen molar-refractivity contribution in [2.24, 2.45) is 0 Å². The molecule has 2 fully saturated rings. The Morgan fingerprint density at radius 2 is 1.88 bits per heavy atom. The van der Waals surface area contributed by atoms with Crippen LogP contribution >= 0.6 is 0 Å². The second-order valence-corrected chi connectivity index (χ2v) is 8.76. The first-order valence-electron chi connectivity index (χ1n) is 11.4. The molecule has 1 saturated heterocycles. The van der Waals surface area contributed by atoms with Crippen LogP contribution in [0.3, 0.4) is 0 Å². The standard InChI is InChI=1S/C24H25N7O/c32-22-2-1-11-31(22)17-6-4-16(5-7-17)29-24-28-14-19-18(13-27-23(19)30-24)15-3-8-20-21(12-15)26-10-9-25-20/h3,8-10,12-14,16-17H,1-2,4-7,11H2,(H2,27,28,29,30)/t16-,17+. The van der Waals surface area contributed by atoms with E-state index in [4.69, 9.17) is 4.98 Å². The molecule has 162 valence electrons.